The van der Waals surface area contributed by atoms with Crippen LogP contribution in [0.5, 0.6) is 11.6 Å². The van der Waals surface area contributed by atoms with Crippen molar-refractivity contribution in [2.45, 2.75) is 0 Å². The molecule has 0 spiro atoms. The number of benzene rings is 1. The van der Waals surface area contributed by atoms with E-state index in [2.05, 4.69) is 20.9 Å². The van der Waals surface area contributed by atoms with Gasteiger partial charge in [-0.05, 0) is 18.2 Å². The van der Waals surface area contributed by atoms with Crippen molar-refractivity contribution in [3.8, 4) is 11.6 Å². The molecule has 0 aliphatic carbocycles. The molecule has 0 aliphatic rings. The summed E-state index contributed by atoms with van der Waals surface area (Å²) in [6.07, 6.45) is 0. The Balaban J connectivity index is 2.28. The third kappa shape index (κ3) is 2.85. The van der Waals surface area contributed by atoms with Gasteiger partial charge in [0.2, 0.25) is 5.88 Å². The Morgan fingerprint density at radius 3 is 2.59 bits per heavy atom. The highest BCUT2D eigenvalue weighted by molar-refractivity contribution is 9.10. The van der Waals surface area contributed by atoms with E-state index in [9.17, 15) is 4.39 Å². The minimum atomic E-state index is -0.405. The van der Waals surface area contributed by atoms with Crippen LogP contribution in [0.4, 0.5) is 15.9 Å². The third-order valence-electron chi connectivity index (χ3n) is 1.99. The van der Waals surface area contributed by atoms with E-state index < -0.39 is 5.82 Å². The minimum Gasteiger partial charge on any atom is -0.439 e. The molecule has 1 aromatic carbocycles. The summed E-state index contributed by atoms with van der Waals surface area (Å²) in [7, 11) is 0. The summed E-state index contributed by atoms with van der Waals surface area (Å²) in [6.45, 7) is 0. The number of hydrogen-bond acceptors (Lipinski definition) is 4. The molecule has 1 heterocycles. The van der Waals surface area contributed by atoms with E-state index >= 15 is 0 Å². The third-order valence-corrected chi connectivity index (χ3v) is 2.45. The number of pyridine rings is 1. The lowest BCUT2D eigenvalue weighted by Gasteiger charge is -2.07. The second kappa shape index (κ2) is 4.58. The molecule has 2 rings (SSSR count). The van der Waals surface area contributed by atoms with E-state index in [4.69, 9.17) is 16.2 Å². The molecule has 1 aromatic heterocycles. The van der Waals surface area contributed by atoms with Crippen LogP contribution in [0.25, 0.3) is 0 Å². The fraction of sp³-hybridized carbons (Fsp3) is 0. The first-order valence-corrected chi connectivity index (χ1v) is 5.50. The number of nitrogen functional groups attached to an aromatic ring is 2. The maximum absolute atomic E-state index is 13.1. The first-order valence-electron chi connectivity index (χ1n) is 4.70. The molecule has 17 heavy (non-hydrogen) atoms. The van der Waals surface area contributed by atoms with Crippen molar-refractivity contribution >= 4 is 27.4 Å². The first-order chi connectivity index (χ1) is 8.04. The zero-order valence-corrected chi connectivity index (χ0v) is 10.2. The summed E-state index contributed by atoms with van der Waals surface area (Å²) in [6, 6.07) is 7.34. The first kappa shape index (κ1) is 11.7. The monoisotopic (exact) mass is 297 g/mol. The molecule has 0 atom stereocenters. The number of ether oxygens (including phenoxy) is 1. The molecule has 0 unspecified atom stereocenters. The standard InChI is InChI=1S/C11H9BrFN3O/c12-6-3-7(13)5-8(4-6)17-10-2-1-9(14)11(15)16-10/h1-5H,14H2,(H2,15,16). The molecular formula is C11H9BrFN3O. The molecule has 0 fully saturated rings. The van der Waals surface area contributed by atoms with Gasteiger partial charge in [-0.15, -0.1) is 0 Å². The molecule has 0 amide bonds. The summed E-state index contributed by atoms with van der Waals surface area (Å²) < 4.78 is 19.0. The molecule has 6 heteroatoms. The van der Waals surface area contributed by atoms with Gasteiger partial charge in [-0.2, -0.15) is 4.98 Å². The normalized spacial score (nSPS) is 10.2. The summed E-state index contributed by atoms with van der Waals surface area (Å²) in [5.41, 5.74) is 11.4. The maximum atomic E-state index is 13.1. The molecule has 0 radical (unpaired) electrons. The van der Waals surface area contributed by atoms with Crippen molar-refractivity contribution in [3.05, 3.63) is 40.6 Å². The van der Waals surface area contributed by atoms with Gasteiger partial charge in [0.1, 0.15) is 11.6 Å². The maximum Gasteiger partial charge on any atom is 0.221 e. The topological polar surface area (TPSA) is 74.2 Å². The van der Waals surface area contributed by atoms with Crippen LogP contribution in [0.2, 0.25) is 0 Å². The summed E-state index contributed by atoms with van der Waals surface area (Å²) in [5, 5.41) is 0. The van der Waals surface area contributed by atoms with Gasteiger partial charge in [-0.1, -0.05) is 15.9 Å². The second-order valence-electron chi connectivity index (χ2n) is 3.33. The smallest absolute Gasteiger partial charge is 0.221 e. The Bertz CT molecular complexity index is 542. The number of nitrogens with two attached hydrogens (primary N) is 2. The van der Waals surface area contributed by atoms with Gasteiger partial charge < -0.3 is 16.2 Å². The zero-order valence-electron chi connectivity index (χ0n) is 8.65. The SMILES string of the molecule is Nc1ccc(Oc2cc(F)cc(Br)c2)nc1N. The van der Waals surface area contributed by atoms with Crippen molar-refractivity contribution in [3.63, 3.8) is 0 Å². The lowest BCUT2D eigenvalue weighted by molar-refractivity contribution is 0.458. The van der Waals surface area contributed by atoms with Crippen molar-refractivity contribution in [2.75, 3.05) is 11.5 Å². The molecule has 0 saturated heterocycles. The number of halogens is 2. The van der Waals surface area contributed by atoms with Crippen LogP contribution in [-0.2, 0) is 0 Å². The van der Waals surface area contributed by atoms with Gasteiger partial charge in [-0.3, -0.25) is 0 Å². The van der Waals surface area contributed by atoms with E-state index in [1.807, 2.05) is 0 Å². The van der Waals surface area contributed by atoms with Crippen LogP contribution in [0.3, 0.4) is 0 Å². The van der Waals surface area contributed by atoms with Crippen LogP contribution >= 0.6 is 15.9 Å². The fourth-order valence-electron chi connectivity index (χ4n) is 1.23. The Kier molecular flexibility index (Phi) is 3.14. The largest absolute Gasteiger partial charge is 0.439 e. The molecule has 0 bridgehead atoms. The van der Waals surface area contributed by atoms with Crippen molar-refractivity contribution in [1.29, 1.82) is 0 Å². The number of rotatable bonds is 2. The van der Waals surface area contributed by atoms with E-state index in [0.717, 1.165) is 0 Å². The highest BCUT2D eigenvalue weighted by Crippen LogP contribution is 2.26. The molecule has 2 aromatic rings. The van der Waals surface area contributed by atoms with Gasteiger partial charge >= 0.3 is 0 Å². The van der Waals surface area contributed by atoms with Gasteiger partial charge in [-0.25, -0.2) is 4.39 Å². The summed E-state index contributed by atoms with van der Waals surface area (Å²) >= 11 is 3.17. The summed E-state index contributed by atoms with van der Waals surface area (Å²) in [5.74, 6) is 0.360. The van der Waals surface area contributed by atoms with E-state index in [0.29, 0.717) is 15.9 Å². The van der Waals surface area contributed by atoms with Crippen LogP contribution in [0, 0.1) is 5.82 Å². The predicted octanol–water partition coefficient (Wildman–Crippen LogP) is 2.94. The molecule has 4 N–H and O–H groups in total. The number of aromatic nitrogens is 1. The van der Waals surface area contributed by atoms with Crippen LogP contribution in [0.1, 0.15) is 0 Å². The van der Waals surface area contributed by atoms with E-state index in [-0.39, 0.29) is 11.7 Å². The lowest BCUT2D eigenvalue weighted by atomic mass is 10.3. The average Bonchev–Trinajstić information content (AvgIpc) is 2.22. The van der Waals surface area contributed by atoms with Gasteiger partial charge in [0.25, 0.3) is 0 Å². The lowest BCUT2D eigenvalue weighted by Crippen LogP contribution is -1.99. The van der Waals surface area contributed by atoms with Crippen LogP contribution in [0.15, 0.2) is 34.8 Å². The van der Waals surface area contributed by atoms with Crippen molar-refractivity contribution in [2.24, 2.45) is 0 Å². The van der Waals surface area contributed by atoms with Gasteiger partial charge in [0, 0.05) is 16.6 Å². The van der Waals surface area contributed by atoms with Crippen LogP contribution < -0.4 is 16.2 Å². The van der Waals surface area contributed by atoms with Crippen molar-refractivity contribution < 1.29 is 9.13 Å². The van der Waals surface area contributed by atoms with E-state index in [1.165, 1.54) is 12.1 Å². The minimum absolute atomic E-state index is 0.179. The Morgan fingerprint density at radius 2 is 1.94 bits per heavy atom. The molecule has 4 nitrogen and oxygen atoms in total. The van der Waals surface area contributed by atoms with Crippen LogP contribution in [-0.4, -0.2) is 4.98 Å². The fourth-order valence-corrected chi connectivity index (χ4v) is 1.68. The van der Waals surface area contributed by atoms with Gasteiger partial charge in [0.15, 0.2) is 5.82 Å². The van der Waals surface area contributed by atoms with Gasteiger partial charge in [0.05, 0.1) is 5.69 Å². The highest BCUT2D eigenvalue weighted by atomic mass is 79.9. The zero-order chi connectivity index (χ0) is 12.4. The molecule has 0 aliphatic heterocycles. The second-order valence-corrected chi connectivity index (χ2v) is 4.25. The predicted molar refractivity (Wildman–Crippen MR) is 67.2 cm³/mol. The highest BCUT2D eigenvalue weighted by Gasteiger charge is 2.04. The van der Waals surface area contributed by atoms with Crippen molar-refractivity contribution in [1.82, 2.24) is 4.98 Å². The number of anilines is 2. The molecule has 0 saturated carbocycles. The summed E-state index contributed by atoms with van der Waals surface area (Å²) in [4.78, 5) is 3.92. The quantitative estimate of drug-likeness (QED) is 0.894. The number of nitrogens with zero attached hydrogens (tertiary/aromatic N) is 1. The Labute approximate surface area is 106 Å². The Hall–Kier alpha value is -1.82. The molecule has 88 valence electrons. The average molecular weight is 298 g/mol. The van der Waals surface area contributed by atoms with E-state index in [1.54, 1.807) is 18.2 Å². The number of hydrogen-bond donors (Lipinski definition) is 2. The molecular weight excluding hydrogens is 289 g/mol. The Morgan fingerprint density at radius 1 is 1.18 bits per heavy atom.